The van der Waals surface area contributed by atoms with Crippen molar-refractivity contribution in [3.05, 3.63) is 65.8 Å². The van der Waals surface area contributed by atoms with E-state index in [1.54, 1.807) is 31.7 Å². The van der Waals surface area contributed by atoms with E-state index in [-0.39, 0.29) is 28.8 Å². The zero-order chi connectivity index (χ0) is 25.8. The number of rotatable bonds is 8. The van der Waals surface area contributed by atoms with Gasteiger partial charge in [0, 0.05) is 30.5 Å². The summed E-state index contributed by atoms with van der Waals surface area (Å²) in [4.78, 5) is 30.9. The van der Waals surface area contributed by atoms with E-state index in [1.807, 2.05) is 6.92 Å². The maximum absolute atomic E-state index is 14.5. The Bertz CT molecular complexity index is 1170. The fourth-order valence-corrected chi connectivity index (χ4v) is 3.89. The van der Waals surface area contributed by atoms with Crippen molar-refractivity contribution in [2.75, 3.05) is 11.9 Å². The summed E-state index contributed by atoms with van der Waals surface area (Å²) >= 11 is 0. The fourth-order valence-electron chi connectivity index (χ4n) is 3.89. The Labute approximate surface area is 200 Å². The molecule has 2 unspecified atom stereocenters. The lowest BCUT2D eigenvalue weighted by Crippen LogP contribution is -2.48. The van der Waals surface area contributed by atoms with E-state index < -0.39 is 29.6 Å². The largest absolute Gasteiger partial charge is 0.434 e. The van der Waals surface area contributed by atoms with Crippen LogP contribution >= 0.6 is 0 Å². The molecule has 0 fully saturated rings. The van der Waals surface area contributed by atoms with Crippen LogP contribution in [0.4, 0.5) is 23.4 Å². The quantitative estimate of drug-likeness (QED) is 0.440. The van der Waals surface area contributed by atoms with Crippen LogP contribution in [-0.2, 0) is 6.18 Å². The van der Waals surface area contributed by atoms with Crippen LogP contribution in [-0.4, -0.2) is 49.4 Å². The summed E-state index contributed by atoms with van der Waals surface area (Å²) in [5.74, 6) is -0.830. The molecule has 186 valence electrons. The maximum Gasteiger partial charge on any atom is 0.434 e. The first-order valence-electron chi connectivity index (χ1n) is 11.1. The van der Waals surface area contributed by atoms with E-state index in [0.717, 1.165) is 11.8 Å². The monoisotopic (exact) mass is 490 g/mol. The van der Waals surface area contributed by atoms with Gasteiger partial charge in [-0.05, 0) is 51.0 Å². The van der Waals surface area contributed by atoms with Crippen molar-refractivity contribution in [3.63, 3.8) is 0 Å². The molecule has 0 aliphatic carbocycles. The highest BCUT2D eigenvalue weighted by Crippen LogP contribution is 2.28. The average molecular weight is 491 g/mol. The number of pyridine rings is 2. The fraction of sp³-hybridized carbons (Fsp3) is 0.375. The summed E-state index contributed by atoms with van der Waals surface area (Å²) in [7, 11) is 0. The molecule has 0 radical (unpaired) electrons. The van der Waals surface area contributed by atoms with Gasteiger partial charge >= 0.3 is 6.18 Å². The van der Waals surface area contributed by atoms with Crippen LogP contribution in [0.3, 0.4) is 0 Å². The molecule has 3 aromatic heterocycles. The number of carbonyl (C=O) groups excluding carboxylic acids is 1. The summed E-state index contributed by atoms with van der Waals surface area (Å²) in [6.45, 7) is 7.60. The number of aryl methyl sites for hydroxylation is 1. The first-order chi connectivity index (χ1) is 16.6. The Hall–Kier alpha value is -3.63. The zero-order valence-corrected chi connectivity index (χ0v) is 19.8. The molecule has 0 bridgehead atoms. The standard InChI is InChI=1S/C24H26F4N6O/c1-5-18(15(4)33-20-13-30-19(12-31-20)24(26,27)28)34(6-2)23(35)22-16(10-14(3)11-32-22)21-17(25)8-7-9-29-21/h7-13,15,18H,5-6H2,1-4H3,(H,31,33). The molecule has 0 aliphatic rings. The van der Waals surface area contributed by atoms with Crippen LogP contribution in [0.15, 0.2) is 43.0 Å². The van der Waals surface area contributed by atoms with Gasteiger partial charge in [0.15, 0.2) is 5.69 Å². The van der Waals surface area contributed by atoms with Gasteiger partial charge in [-0.2, -0.15) is 13.2 Å². The smallest absolute Gasteiger partial charge is 0.364 e. The van der Waals surface area contributed by atoms with Crippen LogP contribution in [0.25, 0.3) is 11.3 Å². The molecule has 11 heteroatoms. The number of nitrogens with one attached hydrogen (secondary N) is 1. The number of hydrogen-bond acceptors (Lipinski definition) is 6. The van der Waals surface area contributed by atoms with E-state index in [4.69, 9.17) is 0 Å². The molecule has 3 rings (SSSR count). The molecule has 0 aromatic carbocycles. The summed E-state index contributed by atoms with van der Waals surface area (Å²) in [5.41, 5.74) is 0.0356. The minimum Gasteiger partial charge on any atom is -0.364 e. The van der Waals surface area contributed by atoms with Gasteiger partial charge < -0.3 is 10.2 Å². The molecule has 0 saturated heterocycles. The van der Waals surface area contributed by atoms with Gasteiger partial charge in [-0.1, -0.05) is 6.92 Å². The number of carbonyl (C=O) groups is 1. The molecule has 1 amide bonds. The first kappa shape index (κ1) is 26.0. The van der Waals surface area contributed by atoms with E-state index in [0.29, 0.717) is 19.2 Å². The van der Waals surface area contributed by atoms with Crippen LogP contribution in [0.5, 0.6) is 0 Å². The Morgan fingerprint density at radius 2 is 1.86 bits per heavy atom. The Morgan fingerprint density at radius 1 is 1.11 bits per heavy atom. The summed E-state index contributed by atoms with van der Waals surface area (Å²) in [6, 6.07) is 3.63. The highest BCUT2D eigenvalue weighted by Gasteiger charge is 2.33. The highest BCUT2D eigenvalue weighted by molar-refractivity contribution is 5.99. The molecule has 35 heavy (non-hydrogen) atoms. The Kier molecular flexibility index (Phi) is 7.98. The number of amides is 1. The number of anilines is 1. The second-order valence-corrected chi connectivity index (χ2v) is 8.03. The van der Waals surface area contributed by atoms with Crippen molar-refractivity contribution in [3.8, 4) is 11.3 Å². The van der Waals surface area contributed by atoms with Crippen LogP contribution in [0.1, 0.15) is 48.9 Å². The van der Waals surface area contributed by atoms with Gasteiger partial charge in [-0.25, -0.2) is 14.4 Å². The second kappa shape index (κ2) is 10.7. The van der Waals surface area contributed by atoms with Crippen molar-refractivity contribution < 1.29 is 22.4 Å². The number of alkyl halides is 3. The summed E-state index contributed by atoms with van der Waals surface area (Å²) in [5, 5.41) is 3.03. The predicted octanol–water partition coefficient (Wildman–Crippen LogP) is 5.14. The third-order valence-corrected chi connectivity index (χ3v) is 5.56. The van der Waals surface area contributed by atoms with Crippen molar-refractivity contribution in [1.82, 2.24) is 24.8 Å². The third kappa shape index (κ3) is 5.90. The minimum absolute atomic E-state index is 0.0300. The molecule has 3 aromatic rings. The zero-order valence-electron chi connectivity index (χ0n) is 19.8. The van der Waals surface area contributed by atoms with Crippen LogP contribution < -0.4 is 5.32 Å². The van der Waals surface area contributed by atoms with Crippen molar-refractivity contribution in [2.45, 2.75) is 52.4 Å². The normalized spacial score (nSPS) is 13.3. The van der Waals surface area contributed by atoms with Crippen molar-refractivity contribution in [1.29, 1.82) is 0 Å². The number of likely N-dealkylation sites (N-methyl/N-ethyl adjacent to an activating group) is 1. The van der Waals surface area contributed by atoms with E-state index >= 15 is 0 Å². The van der Waals surface area contributed by atoms with E-state index in [1.165, 1.54) is 24.5 Å². The topological polar surface area (TPSA) is 83.9 Å². The predicted molar refractivity (Wildman–Crippen MR) is 123 cm³/mol. The summed E-state index contributed by atoms with van der Waals surface area (Å²) < 4.78 is 52.8. The molecule has 2 atom stereocenters. The van der Waals surface area contributed by atoms with Gasteiger partial charge in [0.05, 0.1) is 18.4 Å². The molecule has 3 heterocycles. The first-order valence-corrected chi connectivity index (χ1v) is 11.1. The molecular weight excluding hydrogens is 464 g/mol. The van der Waals surface area contributed by atoms with Crippen molar-refractivity contribution in [2.24, 2.45) is 0 Å². The molecule has 0 spiro atoms. The lowest BCUT2D eigenvalue weighted by Gasteiger charge is -2.35. The Balaban J connectivity index is 1.89. The number of aromatic nitrogens is 4. The number of hydrogen-bond donors (Lipinski definition) is 1. The van der Waals surface area contributed by atoms with Gasteiger partial charge in [0.2, 0.25) is 0 Å². The third-order valence-electron chi connectivity index (χ3n) is 5.56. The van der Waals surface area contributed by atoms with Gasteiger partial charge in [0.25, 0.3) is 5.91 Å². The molecular formula is C24H26F4N6O. The van der Waals surface area contributed by atoms with Crippen LogP contribution in [0.2, 0.25) is 0 Å². The van der Waals surface area contributed by atoms with Crippen LogP contribution in [0, 0.1) is 12.7 Å². The highest BCUT2D eigenvalue weighted by atomic mass is 19.4. The maximum atomic E-state index is 14.5. The second-order valence-electron chi connectivity index (χ2n) is 8.03. The summed E-state index contributed by atoms with van der Waals surface area (Å²) in [6.07, 6.45) is 0.585. The van der Waals surface area contributed by atoms with E-state index in [9.17, 15) is 22.4 Å². The average Bonchev–Trinajstić information content (AvgIpc) is 2.82. The molecule has 7 nitrogen and oxygen atoms in total. The van der Waals surface area contributed by atoms with Crippen molar-refractivity contribution >= 4 is 11.7 Å². The minimum atomic E-state index is -4.58. The Morgan fingerprint density at radius 3 is 2.43 bits per heavy atom. The SMILES string of the molecule is CCC(C(C)Nc1cnc(C(F)(F)F)cn1)N(CC)C(=O)c1ncc(C)cc1-c1ncccc1F. The molecule has 0 aliphatic heterocycles. The van der Waals surface area contributed by atoms with E-state index in [2.05, 4.69) is 25.3 Å². The van der Waals surface area contributed by atoms with Gasteiger partial charge in [-0.3, -0.25) is 14.8 Å². The number of halogens is 4. The lowest BCUT2D eigenvalue weighted by molar-refractivity contribution is -0.141. The van der Waals surface area contributed by atoms with Gasteiger partial charge in [0.1, 0.15) is 23.0 Å². The molecule has 0 saturated carbocycles. The lowest BCUT2D eigenvalue weighted by atomic mass is 10.0. The molecule has 1 N–H and O–H groups in total. The van der Waals surface area contributed by atoms with Gasteiger partial charge in [-0.15, -0.1) is 0 Å². The number of nitrogens with zero attached hydrogens (tertiary/aromatic N) is 5.